The number of halogens is 1. The van der Waals surface area contributed by atoms with Crippen LogP contribution in [0.25, 0.3) is 11.0 Å². The summed E-state index contributed by atoms with van der Waals surface area (Å²) in [6.45, 7) is 0. The van der Waals surface area contributed by atoms with Crippen LogP contribution in [0.4, 0.5) is 0 Å². The second kappa shape index (κ2) is 4.44. The molecule has 1 aromatic heterocycles. The van der Waals surface area contributed by atoms with Crippen molar-refractivity contribution in [1.82, 2.24) is 5.43 Å². The molecule has 1 saturated carbocycles. The Labute approximate surface area is 108 Å². The lowest BCUT2D eigenvalue weighted by Crippen LogP contribution is -2.28. The van der Waals surface area contributed by atoms with Gasteiger partial charge in [0.1, 0.15) is 11.3 Å². The summed E-state index contributed by atoms with van der Waals surface area (Å²) in [5, 5.41) is 1.12. The molecule has 0 spiro atoms. The maximum Gasteiger partial charge on any atom is 0.148 e. The van der Waals surface area contributed by atoms with Crippen molar-refractivity contribution in [2.24, 2.45) is 11.8 Å². The van der Waals surface area contributed by atoms with E-state index in [1.165, 1.54) is 12.8 Å². The molecule has 2 aromatic rings. The summed E-state index contributed by atoms with van der Waals surface area (Å²) in [6, 6.07) is 8.26. The van der Waals surface area contributed by atoms with Gasteiger partial charge >= 0.3 is 0 Å². The number of hydrogen-bond donors (Lipinski definition) is 2. The first-order valence-electron chi connectivity index (χ1n) is 5.92. The Balaban J connectivity index is 1.95. The van der Waals surface area contributed by atoms with E-state index in [0.29, 0.717) is 0 Å². The van der Waals surface area contributed by atoms with Crippen LogP contribution in [0.5, 0.6) is 0 Å². The average Bonchev–Trinajstić information content (AvgIpc) is 3.04. The molecular formula is C13H15BrN2O. The molecule has 3 nitrogen and oxygen atoms in total. The smallest absolute Gasteiger partial charge is 0.148 e. The fourth-order valence-corrected chi connectivity index (χ4v) is 2.63. The highest BCUT2D eigenvalue weighted by Crippen LogP contribution is 2.39. The van der Waals surface area contributed by atoms with Gasteiger partial charge in [-0.3, -0.25) is 5.84 Å². The predicted octanol–water partition coefficient (Wildman–Crippen LogP) is 3.50. The first-order valence-corrected chi connectivity index (χ1v) is 6.71. The third kappa shape index (κ3) is 2.25. The number of nitrogens with two attached hydrogens (primary N) is 1. The quantitative estimate of drug-likeness (QED) is 0.670. The summed E-state index contributed by atoms with van der Waals surface area (Å²) in [5.41, 5.74) is 3.76. The molecule has 1 aliphatic carbocycles. The molecule has 1 heterocycles. The van der Waals surface area contributed by atoms with Gasteiger partial charge in [0.05, 0.1) is 10.5 Å². The molecular weight excluding hydrogens is 280 g/mol. The molecule has 0 radical (unpaired) electrons. The van der Waals surface area contributed by atoms with Crippen molar-refractivity contribution >= 4 is 26.9 Å². The first kappa shape index (κ1) is 11.3. The summed E-state index contributed by atoms with van der Waals surface area (Å²) in [6.07, 6.45) is 3.71. The van der Waals surface area contributed by atoms with E-state index in [0.717, 1.165) is 33.5 Å². The highest BCUT2D eigenvalue weighted by Gasteiger charge is 2.27. The van der Waals surface area contributed by atoms with E-state index in [1.54, 1.807) is 0 Å². The Kier molecular flexibility index (Phi) is 2.94. The molecule has 1 aromatic carbocycles. The summed E-state index contributed by atoms with van der Waals surface area (Å²) >= 11 is 3.50. The van der Waals surface area contributed by atoms with E-state index in [-0.39, 0.29) is 6.04 Å². The fraction of sp³-hybridized carbons (Fsp3) is 0.385. The Morgan fingerprint density at radius 1 is 1.47 bits per heavy atom. The molecule has 17 heavy (non-hydrogen) atoms. The monoisotopic (exact) mass is 294 g/mol. The second-order valence-electron chi connectivity index (χ2n) is 4.71. The predicted molar refractivity (Wildman–Crippen MR) is 71.3 cm³/mol. The van der Waals surface area contributed by atoms with Gasteiger partial charge in [0.25, 0.3) is 0 Å². The fourth-order valence-electron chi connectivity index (χ4n) is 2.17. The molecule has 1 aliphatic rings. The highest BCUT2D eigenvalue weighted by atomic mass is 79.9. The maximum absolute atomic E-state index is 5.89. The van der Waals surface area contributed by atoms with Crippen LogP contribution in [-0.2, 0) is 0 Å². The van der Waals surface area contributed by atoms with Crippen molar-refractivity contribution in [3.05, 3.63) is 34.5 Å². The van der Waals surface area contributed by atoms with Crippen molar-refractivity contribution in [2.45, 2.75) is 25.3 Å². The van der Waals surface area contributed by atoms with Crippen molar-refractivity contribution in [3.63, 3.8) is 0 Å². The second-order valence-corrected chi connectivity index (χ2v) is 5.56. The van der Waals surface area contributed by atoms with Crippen molar-refractivity contribution in [1.29, 1.82) is 0 Å². The first-order chi connectivity index (χ1) is 8.28. The zero-order valence-electron chi connectivity index (χ0n) is 9.45. The SMILES string of the molecule is NNC(CC1CC1)c1cc2cccc(Br)c2o1. The Morgan fingerprint density at radius 3 is 2.94 bits per heavy atom. The Morgan fingerprint density at radius 2 is 2.29 bits per heavy atom. The number of para-hydroxylation sites is 1. The van der Waals surface area contributed by atoms with Crippen LogP contribution in [0.1, 0.15) is 31.1 Å². The third-order valence-electron chi connectivity index (χ3n) is 3.33. The minimum Gasteiger partial charge on any atom is -0.458 e. The molecule has 3 rings (SSSR count). The molecule has 1 unspecified atom stereocenters. The van der Waals surface area contributed by atoms with Crippen LogP contribution in [0.15, 0.2) is 33.2 Å². The number of fused-ring (bicyclic) bond motifs is 1. The van der Waals surface area contributed by atoms with Gasteiger partial charge < -0.3 is 4.42 Å². The van der Waals surface area contributed by atoms with E-state index >= 15 is 0 Å². The largest absolute Gasteiger partial charge is 0.458 e. The zero-order valence-corrected chi connectivity index (χ0v) is 11.0. The number of nitrogens with one attached hydrogen (secondary N) is 1. The molecule has 0 aliphatic heterocycles. The molecule has 0 amide bonds. The molecule has 1 atom stereocenters. The van der Waals surface area contributed by atoms with Gasteiger partial charge in [-0.1, -0.05) is 25.0 Å². The number of rotatable bonds is 4. The van der Waals surface area contributed by atoms with Crippen LogP contribution in [0.2, 0.25) is 0 Å². The van der Waals surface area contributed by atoms with Crippen LogP contribution >= 0.6 is 15.9 Å². The lowest BCUT2D eigenvalue weighted by atomic mass is 10.1. The zero-order chi connectivity index (χ0) is 11.8. The molecule has 0 bridgehead atoms. The third-order valence-corrected chi connectivity index (χ3v) is 3.95. The van der Waals surface area contributed by atoms with Crippen molar-refractivity contribution in [2.75, 3.05) is 0 Å². The summed E-state index contributed by atoms with van der Waals surface area (Å²) < 4.78 is 6.88. The van der Waals surface area contributed by atoms with E-state index in [9.17, 15) is 0 Å². The molecule has 3 N–H and O–H groups in total. The van der Waals surface area contributed by atoms with Crippen molar-refractivity contribution < 1.29 is 4.42 Å². The number of hydrogen-bond acceptors (Lipinski definition) is 3. The van der Waals surface area contributed by atoms with E-state index in [4.69, 9.17) is 10.3 Å². The minimum absolute atomic E-state index is 0.127. The minimum atomic E-state index is 0.127. The number of benzene rings is 1. The molecule has 4 heteroatoms. The van der Waals surface area contributed by atoms with Gasteiger partial charge in [0.2, 0.25) is 0 Å². The van der Waals surface area contributed by atoms with Gasteiger partial charge in [-0.2, -0.15) is 0 Å². The summed E-state index contributed by atoms with van der Waals surface area (Å²) in [4.78, 5) is 0. The molecule has 0 saturated heterocycles. The van der Waals surface area contributed by atoms with E-state index in [2.05, 4.69) is 33.5 Å². The number of furan rings is 1. The topological polar surface area (TPSA) is 51.2 Å². The lowest BCUT2D eigenvalue weighted by molar-refractivity contribution is 0.401. The highest BCUT2D eigenvalue weighted by molar-refractivity contribution is 9.10. The van der Waals surface area contributed by atoms with Crippen LogP contribution in [0, 0.1) is 5.92 Å². The van der Waals surface area contributed by atoms with Gasteiger partial charge in [-0.15, -0.1) is 0 Å². The van der Waals surface area contributed by atoms with Crippen LogP contribution in [-0.4, -0.2) is 0 Å². The summed E-state index contributed by atoms with van der Waals surface area (Å²) in [5.74, 6) is 7.36. The standard InChI is InChI=1S/C13H15BrN2O/c14-10-3-1-2-9-7-12(17-13(9)10)11(16-15)6-8-4-5-8/h1-3,7-8,11,16H,4-6,15H2. The van der Waals surface area contributed by atoms with E-state index < -0.39 is 0 Å². The van der Waals surface area contributed by atoms with Crippen LogP contribution < -0.4 is 11.3 Å². The van der Waals surface area contributed by atoms with Crippen molar-refractivity contribution in [3.8, 4) is 0 Å². The molecule has 90 valence electrons. The molecule has 1 fully saturated rings. The van der Waals surface area contributed by atoms with E-state index in [1.807, 2.05) is 12.1 Å². The van der Waals surface area contributed by atoms with Gasteiger partial charge in [-0.05, 0) is 40.4 Å². The Hall–Kier alpha value is -0.840. The normalized spacial score (nSPS) is 17.5. The maximum atomic E-state index is 5.89. The van der Waals surface area contributed by atoms with Crippen LogP contribution in [0.3, 0.4) is 0 Å². The van der Waals surface area contributed by atoms with Gasteiger partial charge in [-0.25, -0.2) is 5.43 Å². The van der Waals surface area contributed by atoms with Gasteiger partial charge in [0.15, 0.2) is 0 Å². The number of hydrazine groups is 1. The summed E-state index contributed by atoms with van der Waals surface area (Å²) in [7, 11) is 0. The Bertz CT molecular complexity index is 533. The average molecular weight is 295 g/mol. The lowest BCUT2D eigenvalue weighted by Gasteiger charge is -2.11. The van der Waals surface area contributed by atoms with Gasteiger partial charge in [0, 0.05) is 5.39 Å².